The summed E-state index contributed by atoms with van der Waals surface area (Å²) < 4.78 is 1.03. The Labute approximate surface area is 130 Å². The van der Waals surface area contributed by atoms with E-state index in [1.54, 1.807) is 23.3 Å². The van der Waals surface area contributed by atoms with E-state index in [1.807, 2.05) is 12.1 Å². The fourth-order valence-electron chi connectivity index (χ4n) is 2.70. The summed E-state index contributed by atoms with van der Waals surface area (Å²) in [5.74, 6) is -0.908. The first-order chi connectivity index (χ1) is 9.43. The molecule has 0 aliphatic heterocycles. The molecule has 0 bridgehead atoms. The average Bonchev–Trinajstić information content (AvgIpc) is 2.99. The molecule has 0 atom stereocenters. The molecule has 110 valence electrons. The lowest BCUT2D eigenvalue weighted by atomic mass is 9.82. The molecular formula is C14H18BrNO3S. The third-order valence-corrected chi connectivity index (χ3v) is 5.56. The number of aliphatic carboxylic acids is 1. The number of carbonyl (C=O) groups is 2. The molecule has 1 N–H and O–H groups in total. The summed E-state index contributed by atoms with van der Waals surface area (Å²) in [6.45, 7) is 0.533. The van der Waals surface area contributed by atoms with E-state index in [9.17, 15) is 14.7 Å². The summed E-state index contributed by atoms with van der Waals surface area (Å²) in [5.41, 5.74) is -0.832. The summed E-state index contributed by atoms with van der Waals surface area (Å²) in [6, 6.07) is 3.93. The van der Waals surface area contributed by atoms with Gasteiger partial charge in [0.1, 0.15) is 0 Å². The number of rotatable bonds is 5. The maximum absolute atomic E-state index is 12.3. The van der Waals surface area contributed by atoms with E-state index in [0.29, 0.717) is 19.4 Å². The number of halogens is 1. The van der Waals surface area contributed by atoms with Crippen LogP contribution < -0.4 is 0 Å². The summed E-state index contributed by atoms with van der Waals surface area (Å²) in [6.07, 6.45) is 3.16. The summed E-state index contributed by atoms with van der Waals surface area (Å²) in [4.78, 5) is 26.5. The van der Waals surface area contributed by atoms with Gasteiger partial charge < -0.3 is 10.0 Å². The lowest BCUT2D eigenvalue weighted by Gasteiger charge is -2.26. The Morgan fingerprint density at radius 1 is 1.40 bits per heavy atom. The minimum atomic E-state index is -0.832. The highest BCUT2D eigenvalue weighted by Gasteiger charge is 2.43. The maximum Gasteiger partial charge on any atom is 0.310 e. The molecule has 0 unspecified atom stereocenters. The van der Waals surface area contributed by atoms with Crippen molar-refractivity contribution in [3.63, 3.8) is 0 Å². The first kappa shape index (κ1) is 15.5. The van der Waals surface area contributed by atoms with E-state index < -0.39 is 11.4 Å². The maximum atomic E-state index is 12.3. The van der Waals surface area contributed by atoms with Crippen LogP contribution in [0.2, 0.25) is 0 Å². The zero-order valence-corrected chi connectivity index (χ0v) is 13.8. The Morgan fingerprint density at radius 2 is 2.05 bits per heavy atom. The van der Waals surface area contributed by atoms with Crippen LogP contribution in [-0.2, 0) is 16.1 Å². The van der Waals surface area contributed by atoms with E-state index in [-0.39, 0.29) is 12.3 Å². The van der Waals surface area contributed by atoms with Crippen molar-refractivity contribution in [3.8, 4) is 0 Å². The normalized spacial score (nSPS) is 17.1. The third kappa shape index (κ3) is 3.41. The molecule has 0 aromatic carbocycles. The van der Waals surface area contributed by atoms with Crippen molar-refractivity contribution in [1.82, 2.24) is 4.90 Å². The number of hydrogen-bond acceptors (Lipinski definition) is 3. The zero-order valence-electron chi connectivity index (χ0n) is 11.4. The molecular weight excluding hydrogens is 342 g/mol. The predicted octanol–water partition coefficient (Wildman–Crippen LogP) is 3.50. The van der Waals surface area contributed by atoms with Crippen molar-refractivity contribution in [2.45, 2.75) is 38.6 Å². The second-order valence-electron chi connectivity index (χ2n) is 5.42. The van der Waals surface area contributed by atoms with Crippen LogP contribution in [0, 0.1) is 5.41 Å². The van der Waals surface area contributed by atoms with Gasteiger partial charge in [-0.1, -0.05) is 12.8 Å². The number of hydrogen-bond donors (Lipinski definition) is 1. The second-order valence-corrected chi connectivity index (χ2v) is 7.97. The highest BCUT2D eigenvalue weighted by Crippen LogP contribution is 2.41. The van der Waals surface area contributed by atoms with Gasteiger partial charge in [-0.3, -0.25) is 9.59 Å². The standard InChI is InChI=1S/C14H18BrNO3S/c1-16(9-10-4-5-11(15)20-10)12(17)8-14(13(18)19)6-2-3-7-14/h4-5H,2-3,6-9H2,1H3,(H,18,19). The Hall–Kier alpha value is -0.880. The van der Waals surface area contributed by atoms with Crippen molar-refractivity contribution in [2.24, 2.45) is 5.41 Å². The molecule has 0 radical (unpaired) electrons. The number of carboxylic acids is 1. The molecule has 4 nitrogen and oxygen atoms in total. The largest absolute Gasteiger partial charge is 0.481 e. The molecule has 2 rings (SSSR count). The van der Waals surface area contributed by atoms with Gasteiger partial charge in [-0.15, -0.1) is 11.3 Å². The molecule has 1 amide bonds. The summed E-state index contributed by atoms with van der Waals surface area (Å²) >= 11 is 4.98. The average molecular weight is 360 g/mol. The first-order valence-electron chi connectivity index (χ1n) is 6.64. The zero-order chi connectivity index (χ0) is 14.8. The molecule has 1 aromatic heterocycles. The number of amides is 1. The molecule has 1 saturated carbocycles. The number of carboxylic acid groups (broad SMARTS) is 1. The molecule has 1 aliphatic carbocycles. The fourth-order valence-corrected chi connectivity index (χ4v) is 4.24. The topological polar surface area (TPSA) is 57.6 Å². The van der Waals surface area contributed by atoms with Crippen LogP contribution in [0.15, 0.2) is 15.9 Å². The van der Waals surface area contributed by atoms with Crippen molar-refractivity contribution in [2.75, 3.05) is 7.05 Å². The molecule has 6 heteroatoms. The molecule has 1 aliphatic rings. The molecule has 0 saturated heterocycles. The van der Waals surface area contributed by atoms with Gasteiger partial charge in [0.15, 0.2) is 0 Å². The van der Waals surface area contributed by atoms with Gasteiger partial charge in [-0.25, -0.2) is 0 Å². The molecule has 1 aromatic rings. The van der Waals surface area contributed by atoms with Gasteiger partial charge in [-0.05, 0) is 40.9 Å². The molecule has 0 spiro atoms. The number of nitrogens with zero attached hydrogens (tertiary/aromatic N) is 1. The van der Waals surface area contributed by atoms with E-state index >= 15 is 0 Å². The number of thiophene rings is 1. The van der Waals surface area contributed by atoms with Gasteiger partial charge in [0.2, 0.25) is 5.91 Å². The van der Waals surface area contributed by atoms with Crippen LogP contribution >= 0.6 is 27.3 Å². The van der Waals surface area contributed by atoms with E-state index in [4.69, 9.17) is 0 Å². The Kier molecular flexibility index (Phi) is 4.86. The molecule has 20 heavy (non-hydrogen) atoms. The van der Waals surface area contributed by atoms with Crippen molar-refractivity contribution < 1.29 is 14.7 Å². The van der Waals surface area contributed by atoms with Crippen LogP contribution in [0.5, 0.6) is 0 Å². The van der Waals surface area contributed by atoms with Crippen LogP contribution in [0.1, 0.15) is 37.0 Å². The van der Waals surface area contributed by atoms with Crippen molar-refractivity contribution in [3.05, 3.63) is 20.8 Å². The first-order valence-corrected chi connectivity index (χ1v) is 8.25. The SMILES string of the molecule is CN(Cc1ccc(Br)s1)C(=O)CC1(C(=O)O)CCCC1. The Balaban J connectivity index is 1.98. The van der Waals surface area contributed by atoms with Crippen molar-refractivity contribution >= 4 is 39.1 Å². The summed E-state index contributed by atoms with van der Waals surface area (Å²) in [5, 5.41) is 9.41. The van der Waals surface area contributed by atoms with Gasteiger partial charge >= 0.3 is 5.97 Å². The lowest BCUT2D eigenvalue weighted by molar-refractivity contribution is -0.153. The van der Waals surface area contributed by atoms with E-state index in [0.717, 1.165) is 21.5 Å². The highest BCUT2D eigenvalue weighted by atomic mass is 79.9. The van der Waals surface area contributed by atoms with E-state index in [1.165, 1.54) is 0 Å². The third-order valence-electron chi connectivity index (χ3n) is 3.95. The monoisotopic (exact) mass is 359 g/mol. The van der Waals surface area contributed by atoms with Crippen molar-refractivity contribution in [1.29, 1.82) is 0 Å². The van der Waals surface area contributed by atoms with Gasteiger partial charge in [-0.2, -0.15) is 0 Å². The van der Waals surface area contributed by atoms with Gasteiger partial charge in [0.25, 0.3) is 0 Å². The fraction of sp³-hybridized carbons (Fsp3) is 0.571. The smallest absolute Gasteiger partial charge is 0.310 e. The highest BCUT2D eigenvalue weighted by molar-refractivity contribution is 9.11. The molecule has 1 heterocycles. The van der Waals surface area contributed by atoms with Crippen LogP contribution in [0.25, 0.3) is 0 Å². The van der Waals surface area contributed by atoms with Crippen LogP contribution in [0.3, 0.4) is 0 Å². The Morgan fingerprint density at radius 3 is 2.55 bits per heavy atom. The van der Waals surface area contributed by atoms with Gasteiger partial charge in [0.05, 0.1) is 15.7 Å². The Bertz CT molecular complexity index is 508. The van der Waals surface area contributed by atoms with Gasteiger partial charge in [0, 0.05) is 18.3 Å². The minimum Gasteiger partial charge on any atom is -0.481 e. The van der Waals surface area contributed by atoms with E-state index in [2.05, 4.69) is 15.9 Å². The summed E-state index contributed by atoms with van der Waals surface area (Å²) in [7, 11) is 1.74. The molecule has 1 fully saturated rings. The second kappa shape index (κ2) is 6.26. The van der Waals surface area contributed by atoms with Crippen LogP contribution in [-0.4, -0.2) is 28.9 Å². The predicted molar refractivity (Wildman–Crippen MR) is 81.6 cm³/mol. The minimum absolute atomic E-state index is 0.0844. The number of carbonyl (C=O) groups excluding carboxylic acids is 1. The lowest BCUT2D eigenvalue weighted by Crippen LogP contribution is -2.36. The van der Waals surface area contributed by atoms with Crippen LogP contribution in [0.4, 0.5) is 0 Å². The quantitative estimate of drug-likeness (QED) is 0.874.